The van der Waals surface area contributed by atoms with Gasteiger partial charge in [0.15, 0.2) is 0 Å². The maximum absolute atomic E-state index is 12.9. The zero-order valence-electron chi connectivity index (χ0n) is 12.8. The highest BCUT2D eigenvalue weighted by molar-refractivity contribution is 7.13. The van der Waals surface area contributed by atoms with E-state index in [2.05, 4.69) is 11.1 Å². The monoisotopic (exact) mass is 374 g/mol. The fourth-order valence-electron chi connectivity index (χ4n) is 2.57. The molecular formula is C18H15ClN2OS2. The van der Waals surface area contributed by atoms with Crippen LogP contribution in [-0.4, -0.2) is 21.8 Å². The molecule has 0 aliphatic heterocycles. The summed E-state index contributed by atoms with van der Waals surface area (Å²) in [6.07, 6.45) is 2.18. The van der Waals surface area contributed by atoms with Crippen LogP contribution in [0.15, 0.2) is 47.2 Å². The van der Waals surface area contributed by atoms with Crippen LogP contribution in [0.3, 0.4) is 0 Å². The third-order valence-corrected chi connectivity index (χ3v) is 5.97. The molecule has 3 nitrogen and oxygen atoms in total. The molecule has 0 radical (unpaired) electrons. The summed E-state index contributed by atoms with van der Waals surface area (Å²) < 4.78 is 0. The molecule has 1 aromatic carbocycles. The van der Waals surface area contributed by atoms with Gasteiger partial charge in [-0.2, -0.15) is 0 Å². The van der Waals surface area contributed by atoms with E-state index in [-0.39, 0.29) is 5.91 Å². The second-order valence-electron chi connectivity index (χ2n) is 5.79. The van der Waals surface area contributed by atoms with Gasteiger partial charge in [0.2, 0.25) is 0 Å². The largest absolute Gasteiger partial charge is 0.329 e. The zero-order valence-corrected chi connectivity index (χ0v) is 15.2. The summed E-state index contributed by atoms with van der Waals surface area (Å²) in [6.45, 7) is 0.676. The van der Waals surface area contributed by atoms with Gasteiger partial charge in [-0.25, -0.2) is 4.98 Å². The van der Waals surface area contributed by atoms with Crippen LogP contribution >= 0.6 is 34.3 Å². The summed E-state index contributed by atoms with van der Waals surface area (Å²) in [7, 11) is 0. The van der Waals surface area contributed by atoms with Gasteiger partial charge in [-0.15, -0.1) is 22.7 Å². The van der Waals surface area contributed by atoms with Crippen molar-refractivity contribution in [2.75, 3.05) is 0 Å². The number of hydrogen-bond donors (Lipinski definition) is 0. The first-order valence-electron chi connectivity index (χ1n) is 7.75. The van der Waals surface area contributed by atoms with Crippen molar-refractivity contribution in [3.63, 3.8) is 0 Å². The molecule has 2 aromatic heterocycles. The predicted molar refractivity (Wildman–Crippen MR) is 99.8 cm³/mol. The fourth-order valence-corrected chi connectivity index (χ4v) is 4.20. The first-order chi connectivity index (χ1) is 11.7. The Hall–Kier alpha value is -1.69. The Kier molecular flexibility index (Phi) is 4.39. The van der Waals surface area contributed by atoms with Gasteiger partial charge in [0, 0.05) is 26.9 Å². The smallest absolute Gasteiger partial charge is 0.273 e. The topological polar surface area (TPSA) is 33.2 Å². The van der Waals surface area contributed by atoms with Crippen molar-refractivity contribution < 1.29 is 4.79 Å². The summed E-state index contributed by atoms with van der Waals surface area (Å²) in [5.74, 6) is 0.0300. The number of halogens is 1. The highest BCUT2D eigenvalue weighted by atomic mass is 35.5. The van der Waals surface area contributed by atoms with Crippen molar-refractivity contribution >= 4 is 40.2 Å². The van der Waals surface area contributed by atoms with Crippen LogP contribution in [0.2, 0.25) is 5.02 Å². The molecule has 0 saturated heterocycles. The van der Waals surface area contributed by atoms with Crippen LogP contribution in [0.25, 0.3) is 10.6 Å². The number of nitrogens with zero attached hydrogens (tertiary/aromatic N) is 2. The normalized spacial score (nSPS) is 13.9. The van der Waals surface area contributed by atoms with Crippen LogP contribution < -0.4 is 0 Å². The maximum Gasteiger partial charge on any atom is 0.273 e. The lowest BCUT2D eigenvalue weighted by molar-refractivity contribution is 0.0726. The van der Waals surface area contributed by atoms with Crippen molar-refractivity contribution in [2.24, 2.45) is 0 Å². The number of benzene rings is 1. The Morgan fingerprint density at radius 2 is 2.00 bits per heavy atom. The van der Waals surface area contributed by atoms with Gasteiger partial charge in [-0.3, -0.25) is 4.79 Å². The highest BCUT2D eigenvalue weighted by Crippen LogP contribution is 2.32. The molecule has 0 N–H and O–H groups in total. The number of thiophene rings is 1. The Labute approximate surface area is 153 Å². The third kappa shape index (κ3) is 3.38. The van der Waals surface area contributed by atoms with E-state index in [9.17, 15) is 4.79 Å². The number of rotatable bonds is 5. The van der Waals surface area contributed by atoms with E-state index in [0.717, 1.165) is 23.4 Å². The van der Waals surface area contributed by atoms with Crippen LogP contribution in [-0.2, 0) is 6.54 Å². The minimum atomic E-state index is 0.0300. The SMILES string of the molecule is O=C(c1csc(-c2ccc(Cl)cc2)n1)N(Cc1cccs1)C1CC1. The number of carbonyl (C=O) groups is 1. The molecule has 3 aromatic rings. The van der Waals surface area contributed by atoms with Gasteiger partial charge in [-0.05, 0) is 36.4 Å². The number of thiazole rings is 1. The standard InChI is InChI=1S/C18H15ClN2OS2/c19-13-5-3-12(4-6-13)17-20-16(11-24-17)18(22)21(14-7-8-14)10-15-2-1-9-23-15/h1-6,9,11,14H,7-8,10H2. The van der Waals surface area contributed by atoms with E-state index >= 15 is 0 Å². The lowest BCUT2D eigenvalue weighted by atomic mass is 10.2. The lowest BCUT2D eigenvalue weighted by Gasteiger charge is -2.20. The van der Waals surface area contributed by atoms with Gasteiger partial charge in [0.1, 0.15) is 10.7 Å². The Balaban J connectivity index is 1.56. The van der Waals surface area contributed by atoms with Gasteiger partial charge >= 0.3 is 0 Å². The van der Waals surface area contributed by atoms with Crippen LogP contribution in [0.5, 0.6) is 0 Å². The molecule has 1 fully saturated rings. The van der Waals surface area contributed by atoms with Crippen molar-refractivity contribution in [3.8, 4) is 10.6 Å². The van der Waals surface area contributed by atoms with Crippen LogP contribution in [0.1, 0.15) is 28.2 Å². The lowest BCUT2D eigenvalue weighted by Crippen LogP contribution is -2.32. The van der Waals surface area contributed by atoms with Crippen molar-refractivity contribution in [3.05, 3.63) is 62.8 Å². The van der Waals surface area contributed by atoms with E-state index < -0.39 is 0 Å². The van der Waals surface area contributed by atoms with Gasteiger partial charge < -0.3 is 4.90 Å². The molecule has 0 spiro atoms. The number of hydrogen-bond acceptors (Lipinski definition) is 4. The van der Waals surface area contributed by atoms with Gasteiger partial charge in [0.05, 0.1) is 6.54 Å². The average Bonchev–Trinajstić information content (AvgIpc) is 3.10. The predicted octanol–water partition coefficient (Wildman–Crippen LogP) is 5.33. The molecule has 0 atom stereocenters. The second-order valence-corrected chi connectivity index (χ2v) is 8.12. The molecule has 24 heavy (non-hydrogen) atoms. The maximum atomic E-state index is 12.9. The van der Waals surface area contributed by atoms with Crippen molar-refractivity contribution in [1.29, 1.82) is 0 Å². The molecule has 0 bridgehead atoms. The number of amides is 1. The second kappa shape index (κ2) is 6.67. The molecule has 1 aliphatic carbocycles. The first kappa shape index (κ1) is 15.8. The quantitative estimate of drug-likeness (QED) is 0.604. The highest BCUT2D eigenvalue weighted by Gasteiger charge is 2.34. The average molecular weight is 375 g/mol. The molecule has 1 amide bonds. The molecule has 1 saturated carbocycles. The minimum absolute atomic E-state index is 0.0300. The molecule has 2 heterocycles. The summed E-state index contributed by atoms with van der Waals surface area (Å²) >= 11 is 9.11. The van der Waals surface area contributed by atoms with E-state index in [4.69, 9.17) is 11.6 Å². The molecular weight excluding hydrogens is 360 g/mol. The van der Waals surface area contributed by atoms with E-state index in [1.165, 1.54) is 16.2 Å². The molecule has 0 unspecified atom stereocenters. The van der Waals surface area contributed by atoms with Gasteiger partial charge in [0.25, 0.3) is 5.91 Å². The third-order valence-electron chi connectivity index (χ3n) is 3.97. The molecule has 122 valence electrons. The number of aromatic nitrogens is 1. The Morgan fingerprint density at radius 1 is 1.21 bits per heavy atom. The molecule has 6 heteroatoms. The fraction of sp³-hybridized carbons (Fsp3) is 0.222. The van der Waals surface area contributed by atoms with E-state index in [1.54, 1.807) is 11.3 Å². The first-order valence-corrected chi connectivity index (χ1v) is 9.89. The Bertz CT molecular complexity index is 838. The van der Waals surface area contributed by atoms with Crippen LogP contribution in [0.4, 0.5) is 0 Å². The van der Waals surface area contributed by atoms with Gasteiger partial charge in [-0.1, -0.05) is 29.8 Å². The zero-order chi connectivity index (χ0) is 16.5. The summed E-state index contributed by atoms with van der Waals surface area (Å²) in [5, 5.41) is 5.45. The minimum Gasteiger partial charge on any atom is -0.329 e. The number of carbonyl (C=O) groups excluding carboxylic acids is 1. The van der Waals surface area contributed by atoms with Crippen molar-refractivity contribution in [2.45, 2.75) is 25.4 Å². The summed E-state index contributed by atoms with van der Waals surface area (Å²) in [6, 6.07) is 12.0. The van der Waals surface area contributed by atoms with E-state index in [0.29, 0.717) is 23.3 Å². The summed E-state index contributed by atoms with van der Waals surface area (Å²) in [4.78, 5) is 20.6. The van der Waals surface area contributed by atoms with Crippen LogP contribution in [0, 0.1) is 0 Å². The summed E-state index contributed by atoms with van der Waals surface area (Å²) in [5.41, 5.74) is 1.52. The molecule has 1 aliphatic rings. The molecule has 4 rings (SSSR count). The van der Waals surface area contributed by atoms with E-state index in [1.807, 2.05) is 46.0 Å². The van der Waals surface area contributed by atoms with Crippen molar-refractivity contribution in [1.82, 2.24) is 9.88 Å². The Morgan fingerprint density at radius 3 is 2.67 bits per heavy atom.